The minimum atomic E-state index is -5.08. The molecule has 5 nitrogen and oxygen atoms in total. The molecule has 2 aromatic rings. The van der Waals surface area contributed by atoms with E-state index in [9.17, 15) is 13.2 Å². The van der Waals surface area contributed by atoms with Gasteiger partial charge in [0.2, 0.25) is 0 Å². The Hall–Kier alpha value is -2.35. The number of fused-ring (bicyclic) bond motifs is 1. The van der Waals surface area contributed by atoms with Gasteiger partial charge in [0.15, 0.2) is 0 Å². The predicted octanol–water partition coefficient (Wildman–Crippen LogP) is 5.68. The number of hydrogen-bond donors (Lipinski definition) is 1. The number of likely N-dealkylation sites (tertiary alicyclic amines) is 1. The van der Waals surface area contributed by atoms with Crippen molar-refractivity contribution in [2.24, 2.45) is 0 Å². The molecule has 0 bridgehead atoms. The van der Waals surface area contributed by atoms with Crippen molar-refractivity contribution >= 4 is 16.7 Å². The highest BCUT2D eigenvalue weighted by Crippen LogP contribution is 2.23. The van der Waals surface area contributed by atoms with Gasteiger partial charge in [-0.25, -0.2) is 4.79 Å². The fraction of sp³-hybridized carbons (Fsp3) is 0.565. The SMILES string of the molecule is CCCCCCCN1CCC(Oc2ccc3cnccc3c2)CC1.O=C(O)C(F)(F)F. The van der Waals surface area contributed by atoms with E-state index < -0.39 is 12.1 Å². The third kappa shape index (κ3) is 9.12. The van der Waals surface area contributed by atoms with Gasteiger partial charge in [-0.3, -0.25) is 4.98 Å². The molecule has 1 N–H and O–H groups in total. The molecule has 1 aliphatic heterocycles. The van der Waals surface area contributed by atoms with E-state index in [-0.39, 0.29) is 0 Å². The number of aliphatic carboxylic acids is 1. The number of hydrogen-bond acceptors (Lipinski definition) is 4. The number of unbranched alkanes of at least 4 members (excludes halogenated alkanes) is 4. The fourth-order valence-corrected chi connectivity index (χ4v) is 3.52. The van der Waals surface area contributed by atoms with Gasteiger partial charge in [-0.15, -0.1) is 0 Å². The molecule has 1 saturated heterocycles. The number of carboxylic acids is 1. The van der Waals surface area contributed by atoms with E-state index >= 15 is 0 Å². The van der Waals surface area contributed by atoms with Crippen LogP contribution in [0.1, 0.15) is 51.9 Å². The number of alkyl halides is 3. The van der Waals surface area contributed by atoms with Gasteiger partial charge in [-0.05, 0) is 55.5 Å². The van der Waals surface area contributed by atoms with Gasteiger partial charge in [-0.1, -0.05) is 32.6 Å². The van der Waals surface area contributed by atoms with Gasteiger partial charge in [0.1, 0.15) is 11.9 Å². The van der Waals surface area contributed by atoms with Crippen LogP contribution >= 0.6 is 0 Å². The molecule has 2 heterocycles. The average Bonchev–Trinajstić information content (AvgIpc) is 2.74. The summed E-state index contributed by atoms with van der Waals surface area (Å²) in [4.78, 5) is 15.7. The van der Waals surface area contributed by atoms with Crippen LogP contribution in [0.3, 0.4) is 0 Å². The first-order valence-electron chi connectivity index (χ1n) is 10.8. The molecule has 8 heteroatoms. The van der Waals surface area contributed by atoms with E-state index in [1.807, 2.05) is 18.5 Å². The Morgan fingerprint density at radius 1 is 1.13 bits per heavy atom. The summed E-state index contributed by atoms with van der Waals surface area (Å²) < 4.78 is 38.0. The Balaban J connectivity index is 0.000000423. The second kappa shape index (κ2) is 12.5. The predicted molar refractivity (Wildman–Crippen MR) is 114 cm³/mol. The summed E-state index contributed by atoms with van der Waals surface area (Å²) in [5.41, 5.74) is 0. The maximum atomic E-state index is 10.6. The van der Waals surface area contributed by atoms with Gasteiger partial charge in [0, 0.05) is 30.9 Å². The number of carboxylic acid groups (broad SMARTS) is 1. The molecular formula is C23H31F3N2O3. The Bertz CT molecular complexity index is 806. The molecule has 0 radical (unpaired) electrons. The highest BCUT2D eigenvalue weighted by molar-refractivity contribution is 5.82. The van der Waals surface area contributed by atoms with Crippen LogP contribution in [0, 0.1) is 0 Å². The van der Waals surface area contributed by atoms with Gasteiger partial charge in [-0.2, -0.15) is 13.2 Å². The van der Waals surface area contributed by atoms with E-state index in [2.05, 4.69) is 35.0 Å². The average molecular weight is 441 g/mol. The van der Waals surface area contributed by atoms with E-state index in [0.29, 0.717) is 6.10 Å². The molecule has 1 aromatic carbocycles. The van der Waals surface area contributed by atoms with Crippen molar-refractivity contribution in [2.75, 3.05) is 19.6 Å². The number of carbonyl (C=O) groups is 1. The van der Waals surface area contributed by atoms with Gasteiger partial charge < -0.3 is 14.7 Å². The number of benzene rings is 1. The molecule has 172 valence electrons. The van der Waals surface area contributed by atoms with Crippen LogP contribution in [-0.2, 0) is 4.79 Å². The minimum absolute atomic E-state index is 0.362. The van der Waals surface area contributed by atoms with Crippen molar-refractivity contribution in [1.82, 2.24) is 9.88 Å². The number of nitrogens with zero attached hydrogens (tertiary/aromatic N) is 2. The maximum Gasteiger partial charge on any atom is 0.490 e. The summed E-state index contributed by atoms with van der Waals surface area (Å²) in [6.45, 7) is 5.89. The highest BCUT2D eigenvalue weighted by Gasteiger charge is 2.38. The molecule has 0 amide bonds. The lowest BCUT2D eigenvalue weighted by Crippen LogP contribution is -2.38. The second-order valence-corrected chi connectivity index (χ2v) is 7.76. The molecule has 0 unspecified atom stereocenters. The maximum absolute atomic E-state index is 10.6. The lowest BCUT2D eigenvalue weighted by atomic mass is 10.1. The number of halogens is 3. The Kier molecular flexibility index (Phi) is 10.0. The Morgan fingerprint density at radius 2 is 1.81 bits per heavy atom. The van der Waals surface area contributed by atoms with Gasteiger partial charge >= 0.3 is 12.1 Å². The van der Waals surface area contributed by atoms with Crippen LogP contribution in [0.4, 0.5) is 13.2 Å². The van der Waals surface area contributed by atoms with Crippen molar-refractivity contribution in [3.8, 4) is 5.75 Å². The Morgan fingerprint density at radius 3 is 2.45 bits per heavy atom. The Labute approximate surface area is 181 Å². The van der Waals surface area contributed by atoms with Crippen molar-refractivity contribution in [1.29, 1.82) is 0 Å². The lowest BCUT2D eigenvalue weighted by Gasteiger charge is -2.32. The third-order valence-electron chi connectivity index (χ3n) is 5.27. The van der Waals surface area contributed by atoms with Gasteiger partial charge in [0.05, 0.1) is 0 Å². The van der Waals surface area contributed by atoms with Crippen LogP contribution in [0.5, 0.6) is 5.75 Å². The van der Waals surface area contributed by atoms with E-state index in [1.165, 1.54) is 62.5 Å². The van der Waals surface area contributed by atoms with Crippen LogP contribution < -0.4 is 4.74 Å². The zero-order valence-electron chi connectivity index (χ0n) is 17.9. The molecule has 3 rings (SSSR count). The number of aromatic nitrogens is 1. The summed E-state index contributed by atoms with van der Waals surface area (Å²) >= 11 is 0. The molecular weight excluding hydrogens is 409 g/mol. The summed E-state index contributed by atoms with van der Waals surface area (Å²) in [6, 6.07) is 8.35. The van der Waals surface area contributed by atoms with E-state index in [0.717, 1.165) is 18.6 Å². The topological polar surface area (TPSA) is 62.7 Å². The fourth-order valence-electron chi connectivity index (χ4n) is 3.52. The molecule has 1 aromatic heterocycles. The molecule has 0 spiro atoms. The molecule has 0 atom stereocenters. The van der Waals surface area contributed by atoms with Crippen LogP contribution in [0.25, 0.3) is 10.8 Å². The highest BCUT2D eigenvalue weighted by atomic mass is 19.4. The first-order valence-corrected chi connectivity index (χ1v) is 10.8. The normalized spacial score (nSPS) is 15.4. The molecule has 0 aliphatic carbocycles. The first-order chi connectivity index (χ1) is 14.8. The summed E-state index contributed by atoms with van der Waals surface area (Å²) in [6.07, 6.45) is 8.15. The zero-order chi connectivity index (χ0) is 22.7. The van der Waals surface area contributed by atoms with Gasteiger partial charge in [0.25, 0.3) is 0 Å². The van der Waals surface area contributed by atoms with Crippen LogP contribution in [-0.4, -0.2) is 52.9 Å². The monoisotopic (exact) mass is 440 g/mol. The van der Waals surface area contributed by atoms with Crippen LogP contribution in [0.15, 0.2) is 36.7 Å². The van der Waals surface area contributed by atoms with Crippen LogP contribution in [0.2, 0.25) is 0 Å². The number of pyridine rings is 1. The van der Waals surface area contributed by atoms with Crippen molar-refractivity contribution in [3.63, 3.8) is 0 Å². The summed E-state index contributed by atoms with van der Waals surface area (Å²) in [5.74, 6) is -1.76. The minimum Gasteiger partial charge on any atom is -0.490 e. The summed E-state index contributed by atoms with van der Waals surface area (Å²) in [7, 11) is 0. The van der Waals surface area contributed by atoms with E-state index in [4.69, 9.17) is 14.6 Å². The summed E-state index contributed by atoms with van der Waals surface area (Å²) in [5, 5.41) is 9.50. The van der Waals surface area contributed by atoms with E-state index in [1.54, 1.807) is 0 Å². The molecule has 1 fully saturated rings. The third-order valence-corrected chi connectivity index (χ3v) is 5.27. The number of piperidine rings is 1. The standard InChI is InChI=1S/C21H30N2O.C2HF3O2/c1-2-3-4-5-6-13-23-14-10-20(11-15-23)24-21-8-7-19-17-22-12-9-18(19)16-21;3-2(4,5)1(6)7/h7-9,12,16-17,20H,2-6,10-11,13-15H2,1H3;(H,6,7). The zero-order valence-corrected chi connectivity index (χ0v) is 17.9. The smallest absolute Gasteiger partial charge is 0.490 e. The second-order valence-electron chi connectivity index (χ2n) is 7.76. The lowest BCUT2D eigenvalue weighted by molar-refractivity contribution is -0.192. The molecule has 1 aliphatic rings. The van der Waals surface area contributed by atoms with Crippen molar-refractivity contribution in [3.05, 3.63) is 36.7 Å². The van der Waals surface area contributed by atoms with Crippen molar-refractivity contribution < 1.29 is 27.8 Å². The van der Waals surface area contributed by atoms with Crippen molar-refractivity contribution in [2.45, 2.75) is 64.1 Å². The largest absolute Gasteiger partial charge is 0.490 e. The quantitative estimate of drug-likeness (QED) is 0.535. The number of rotatable bonds is 8. The molecule has 31 heavy (non-hydrogen) atoms. The first kappa shape index (κ1) is 24.9. The molecule has 0 saturated carbocycles. The number of ether oxygens (including phenoxy) is 1.